The molecule has 0 amide bonds. The highest BCUT2D eigenvalue weighted by Gasteiger charge is 2.23. The minimum absolute atomic E-state index is 0.183. The van der Waals surface area contributed by atoms with Gasteiger partial charge in [-0.3, -0.25) is 4.68 Å². The fraction of sp³-hybridized carbons (Fsp3) is 0.471. The lowest BCUT2D eigenvalue weighted by atomic mass is 10.0. The van der Waals surface area contributed by atoms with E-state index in [9.17, 15) is 8.42 Å². The van der Waals surface area contributed by atoms with Gasteiger partial charge in [-0.15, -0.1) is 0 Å². The molecule has 1 aromatic heterocycles. The molecule has 7 heteroatoms. The third kappa shape index (κ3) is 4.18. The summed E-state index contributed by atoms with van der Waals surface area (Å²) in [6, 6.07) is 7.10. The van der Waals surface area contributed by atoms with Crippen LogP contribution in [0.3, 0.4) is 0 Å². The normalized spacial score (nSPS) is 12.3. The van der Waals surface area contributed by atoms with E-state index < -0.39 is 10.0 Å². The van der Waals surface area contributed by atoms with Gasteiger partial charge in [-0.25, -0.2) is 8.42 Å². The number of aryl methyl sites for hydroxylation is 1. The van der Waals surface area contributed by atoms with Gasteiger partial charge in [0, 0.05) is 13.6 Å². The van der Waals surface area contributed by atoms with E-state index in [1.54, 1.807) is 30.1 Å². The molecule has 132 valence electrons. The predicted molar refractivity (Wildman–Crippen MR) is 96.5 cm³/mol. The smallest absolute Gasteiger partial charge is 0.243 e. The summed E-state index contributed by atoms with van der Waals surface area (Å²) in [7, 11) is -2.01. The van der Waals surface area contributed by atoms with Crippen molar-refractivity contribution in [2.24, 2.45) is 5.92 Å². The van der Waals surface area contributed by atoms with Crippen LogP contribution in [0.5, 0.6) is 0 Å². The number of nitrogens with zero attached hydrogens (tertiary/aromatic N) is 3. The average Bonchev–Trinajstić information content (AvgIpc) is 2.87. The van der Waals surface area contributed by atoms with Crippen LogP contribution in [0.4, 0.5) is 0 Å². The molecule has 0 atom stereocenters. The van der Waals surface area contributed by atoms with Crippen molar-refractivity contribution in [3.8, 4) is 0 Å². The number of halogens is 1. The Balaban J connectivity index is 2.21. The lowest BCUT2D eigenvalue weighted by molar-refractivity contribution is 0.447. The zero-order valence-corrected chi connectivity index (χ0v) is 16.1. The minimum atomic E-state index is -3.57. The quantitative estimate of drug-likeness (QED) is 0.749. The highest BCUT2D eigenvalue weighted by atomic mass is 35.5. The molecule has 0 unspecified atom stereocenters. The molecule has 1 heterocycles. The van der Waals surface area contributed by atoms with E-state index in [4.69, 9.17) is 11.6 Å². The first-order valence-corrected chi connectivity index (χ1v) is 9.83. The number of hydrogen-bond donors (Lipinski definition) is 0. The standard InChI is InChI=1S/C17H24ClN3O2S/c1-5-21-17(16(18)11-19-21)12-20(4)24(22,23)15-8-6-14(7-9-15)10-13(2)3/h6-9,11,13H,5,10,12H2,1-4H3. The van der Waals surface area contributed by atoms with Crippen LogP contribution in [0.15, 0.2) is 35.4 Å². The highest BCUT2D eigenvalue weighted by Crippen LogP contribution is 2.22. The van der Waals surface area contributed by atoms with Crippen LogP contribution in [-0.2, 0) is 29.5 Å². The maximum absolute atomic E-state index is 12.8. The number of sulfonamides is 1. The Labute approximate surface area is 149 Å². The van der Waals surface area contributed by atoms with E-state index in [0.717, 1.165) is 12.0 Å². The number of rotatable bonds is 7. The molecule has 2 rings (SSSR count). The molecule has 0 saturated heterocycles. The molecule has 0 fully saturated rings. The van der Waals surface area contributed by atoms with Gasteiger partial charge >= 0.3 is 0 Å². The molecule has 2 aromatic rings. The van der Waals surface area contributed by atoms with Gasteiger partial charge in [-0.1, -0.05) is 37.6 Å². The summed E-state index contributed by atoms with van der Waals surface area (Å²) in [6.45, 7) is 7.04. The first kappa shape index (κ1) is 19.0. The second-order valence-corrected chi connectivity index (χ2v) is 8.71. The molecular weight excluding hydrogens is 346 g/mol. The number of benzene rings is 1. The molecular formula is C17H24ClN3O2S. The van der Waals surface area contributed by atoms with Gasteiger partial charge < -0.3 is 0 Å². The Morgan fingerprint density at radius 1 is 1.25 bits per heavy atom. The zero-order chi connectivity index (χ0) is 17.9. The summed E-state index contributed by atoms with van der Waals surface area (Å²) >= 11 is 6.13. The predicted octanol–water partition coefficient (Wildman–Crippen LogP) is 3.58. The highest BCUT2D eigenvalue weighted by molar-refractivity contribution is 7.89. The Morgan fingerprint density at radius 3 is 2.42 bits per heavy atom. The molecule has 0 saturated carbocycles. The van der Waals surface area contributed by atoms with Gasteiger partial charge in [0.1, 0.15) is 0 Å². The third-order valence-electron chi connectivity index (χ3n) is 3.85. The second kappa shape index (κ2) is 7.68. The van der Waals surface area contributed by atoms with Crippen molar-refractivity contribution in [2.45, 2.75) is 45.2 Å². The topological polar surface area (TPSA) is 55.2 Å². The van der Waals surface area contributed by atoms with Crippen molar-refractivity contribution in [1.82, 2.24) is 14.1 Å². The summed E-state index contributed by atoms with van der Waals surface area (Å²) in [5, 5.41) is 4.62. The summed E-state index contributed by atoms with van der Waals surface area (Å²) < 4.78 is 28.5. The van der Waals surface area contributed by atoms with Crippen LogP contribution >= 0.6 is 11.6 Å². The van der Waals surface area contributed by atoms with Gasteiger partial charge in [0.15, 0.2) is 0 Å². The van der Waals surface area contributed by atoms with Crippen molar-refractivity contribution in [2.75, 3.05) is 7.05 Å². The van der Waals surface area contributed by atoms with Crippen LogP contribution in [0.25, 0.3) is 0 Å². The van der Waals surface area contributed by atoms with E-state index in [2.05, 4.69) is 18.9 Å². The van der Waals surface area contributed by atoms with Crippen LogP contribution < -0.4 is 0 Å². The average molecular weight is 370 g/mol. The van der Waals surface area contributed by atoms with E-state index >= 15 is 0 Å². The van der Waals surface area contributed by atoms with Crippen LogP contribution in [0.1, 0.15) is 32.0 Å². The van der Waals surface area contributed by atoms with Gasteiger partial charge in [-0.05, 0) is 37.0 Å². The van der Waals surface area contributed by atoms with Crippen LogP contribution in [0.2, 0.25) is 5.02 Å². The SMILES string of the molecule is CCn1ncc(Cl)c1CN(C)S(=O)(=O)c1ccc(CC(C)C)cc1. The molecule has 0 bridgehead atoms. The maximum atomic E-state index is 12.8. The molecule has 0 aliphatic carbocycles. The monoisotopic (exact) mass is 369 g/mol. The van der Waals surface area contributed by atoms with Crippen molar-refractivity contribution in [1.29, 1.82) is 0 Å². The van der Waals surface area contributed by atoms with Crippen molar-refractivity contribution in [3.63, 3.8) is 0 Å². The molecule has 0 aliphatic heterocycles. The second-order valence-electron chi connectivity index (χ2n) is 6.26. The van der Waals surface area contributed by atoms with Gasteiger partial charge in [-0.2, -0.15) is 9.40 Å². The van der Waals surface area contributed by atoms with Gasteiger partial charge in [0.05, 0.1) is 28.4 Å². The Bertz CT molecular complexity index is 783. The fourth-order valence-electron chi connectivity index (χ4n) is 2.56. The van der Waals surface area contributed by atoms with E-state index in [0.29, 0.717) is 23.2 Å². The summed E-state index contributed by atoms with van der Waals surface area (Å²) in [6.07, 6.45) is 2.48. The van der Waals surface area contributed by atoms with Crippen molar-refractivity contribution in [3.05, 3.63) is 46.7 Å². The number of hydrogen-bond acceptors (Lipinski definition) is 3. The molecule has 5 nitrogen and oxygen atoms in total. The fourth-order valence-corrected chi connectivity index (χ4v) is 3.90. The molecule has 0 aliphatic rings. The number of aromatic nitrogens is 2. The molecule has 1 aromatic carbocycles. The zero-order valence-electron chi connectivity index (χ0n) is 14.5. The van der Waals surface area contributed by atoms with Crippen LogP contribution in [-0.4, -0.2) is 29.6 Å². The molecule has 0 spiro atoms. The Kier molecular flexibility index (Phi) is 6.06. The Hall–Kier alpha value is -1.37. The lowest BCUT2D eigenvalue weighted by Gasteiger charge is -2.18. The van der Waals surface area contributed by atoms with Gasteiger partial charge in [0.2, 0.25) is 10.0 Å². The Morgan fingerprint density at radius 2 is 1.88 bits per heavy atom. The van der Waals surface area contributed by atoms with E-state index in [-0.39, 0.29) is 11.4 Å². The minimum Gasteiger partial charge on any atom is -0.267 e. The van der Waals surface area contributed by atoms with Crippen LogP contribution in [0, 0.1) is 5.92 Å². The largest absolute Gasteiger partial charge is 0.267 e. The summed E-state index contributed by atoms with van der Waals surface area (Å²) in [4.78, 5) is 0.288. The molecule has 0 radical (unpaired) electrons. The van der Waals surface area contributed by atoms with Crippen molar-refractivity contribution >= 4 is 21.6 Å². The first-order chi connectivity index (χ1) is 11.3. The first-order valence-electron chi connectivity index (χ1n) is 8.01. The van der Waals surface area contributed by atoms with E-state index in [1.807, 2.05) is 19.1 Å². The van der Waals surface area contributed by atoms with E-state index in [1.165, 1.54) is 4.31 Å². The molecule has 24 heavy (non-hydrogen) atoms. The van der Waals surface area contributed by atoms with Crippen molar-refractivity contribution < 1.29 is 8.42 Å². The summed E-state index contributed by atoms with van der Waals surface area (Å²) in [5.74, 6) is 0.534. The summed E-state index contributed by atoms with van der Waals surface area (Å²) in [5.41, 5.74) is 1.83. The maximum Gasteiger partial charge on any atom is 0.243 e. The van der Waals surface area contributed by atoms with Gasteiger partial charge in [0.25, 0.3) is 0 Å². The third-order valence-corrected chi connectivity index (χ3v) is 5.98. The lowest BCUT2D eigenvalue weighted by Crippen LogP contribution is -2.27. The molecule has 0 N–H and O–H groups in total.